The minimum Gasteiger partial charge on any atom is -0.340 e. The van der Waals surface area contributed by atoms with Crippen LogP contribution in [0.15, 0.2) is 42.5 Å². The van der Waals surface area contributed by atoms with E-state index in [4.69, 9.17) is 17.2 Å². The van der Waals surface area contributed by atoms with Crippen LogP contribution in [-0.4, -0.2) is 60.6 Å². The molecule has 0 aliphatic heterocycles. The van der Waals surface area contributed by atoms with Crippen molar-refractivity contribution in [1.29, 1.82) is 0 Å². The summed E-state index contributed by atoms with van der Waals surface area (Å²) in [5, 5.41) is 0.892. The molecule has 0 fully saturated rings. The van der Waals surface area contributed by atoms with E-state index < -0.39 is 23.5 Å². The molecule has 2 aromatic carbocycles. The van der Waals surface area contributed by atoms with E-state index in [1.165, 1.54) is 0 Å². The van der Waals surface area contributed by atoms with Crippen LogP contribution in [0.1, 0.15) is 24.1 Å². The highest BCUT2D eigenvalue weighted by molar-refractivity contribution is 5.88. The molecule has 1 atom stereocenters. The smallest absolute Gasteiger partial charge is 0.194 e. The van der Waals surface area contributed by atoms with E-state index in [-0.39, 0.29) is 24.3 Å². The van der Waals surface area contributed by atoms with E-state index in [1.807, 2.05) is 34.9 Å². The van der Waals surface area contributed by atoms with E-state index >= 15 is 0 Å². The number of halogens is 3. The van der Waals surface area contributed by atoms with Gasteiger partial charge in [-0.3, -0.25) is 4.79 Å². The van der Waals surface area contributed by atoms with Crippen LogP contribution in [0.2, 0.25) is 0 Å². The number of Topliss-reactive ketones (excluding diaryl/α,β-unsaturated/α-hetero) is 1. The van der Waals surface area contributed by atoms with Crippen LogP contribution in [0.25, 0.3) is 10.9 Å². The summed E-state index contributed by atoms with van der Waals surface area (Å²) in [7, 11) is 2.10. The third-order valence-corrected chi connectivity index (χ3v) is 6.60. The Hall–Kier alpha value is -2.72. The SMILES string of the molecule is C[N+](CCN)(CCN)CCC[C@@H](N)C(=O)Cc1cc2ccccc2n1Cc1cc(F)c(F)c(F)c1. The number of aromatic nitrogens is 1. The van der Waals surface area contributed by atoms with Crippen LogP contribution in [0.5, 0.6) is 0 Å². The highest BCUT2D eigenvalue weighted by Gasteiger charge is 2.22. The van der Waals surface area contributed by atoms with Crippen molar-refractivity contribution in [2.45, 2.75) is 31.8 Å². The van der Waals surface area contributed by atoms with Crippen LogP contribution in [0.4, 0.5) is 13.2 Å². The Morgan fingerprint density at radius 2 is 1.63 bits per heavy atom. The zero-order chi connectivity index (χ0) is 25.6. The molecule has 0 saturated heterocycles. The van der Waals surface area contributed by atoms with Gasteiger partial charge in [-0.05, 0) is 48.1 Å². The number of hydrogen-bond acceptors (Lipinski definition) is 4. The zero-order valence-corrected chi connectivity index (χ0v) is 20.2. The number of carbonyl (C=O) groups is 1. The standard InChI is InChI=1S/C26H35F3N5O/c1-34(11-8-30,12-9-31)10-4-6-23(32)25(35)16-20-15-19-5-2-3-7-24(19)33(20)17-18-13-21(27)26(29)22(28)14-18/h2-3,5,7,13-15,23H,4,6,8-12,16-17,30-32H2,1H3/q+1/t23-/m1/s1. The first-order valence-electron chi connectivity index (χ1n) is 11.9. The number of quaternary nitrogens is 1. The van der Waals surface area contributed by atoms with Gasteiger partial charge in [0.05, 0.1) is 32.7 Å². The van der Waals surface area contributed by atoms with Crippen molar-refractivity contribution in [2.24, 2.45) is 17.2 Å². The summed E-state index contributed by atoms with van der Waals surface area (Å²) in [6.07, 6.45) is 1.39. The minimum atomic E-state index is -1.50. The van der Waals surface area contributed by atoms with Crippen molar-refractivity contribution in [1.82, 2.24) is 4.57 Å². The summed E-state index contributed by atoms with van der Waals surface area (Å²) in [6.45, 7) is 3.67. The number of benzene rings is 2. The fraction of sp³-hybridized carbons (Fsp3) is 0.423. The molecule has 0 aliphatic rings. The Balaban J connectivity index is 1.74. The van der Waals surface area contributed by atoms with Crippen LogP contribution < -0.4 is 17.2 Å². The first kappa shape index (κ1) is 26.9. The molecular formula is C26H35F3N5O+. The molecule has 9 heteroatoms. The average molecular weight is 491 g/mol. The second kappa shape index (κ2) is 11.8. The molecule has 3 rings (SSSR count). The van der Waals surface area contributed by atoms with Crippen molar-refractivity contribution in [3.63, 3.8) is 0 Å². The first-order valence-corrected chi connectivity index (χ1v) is 11.9. The van der Waals surface area contributed by atoms with Gasteiger partial charge >= 0.3 is 0 Å². The minimum absolute atomic E-state index is 0.0831. The van der Waals surface area contributed by atoms with Crippen molar-refractivity contribution in [3.05, 3.63) is 71.2 Å². The maximum absolute atomic E-state index is 13.8. The van der Waals surface area contributed by atoms with E-state index in [2.05, 4.69) is 7.05 Å². The molecule has 6 N–H and O–H groups in total. The van der Waals surface area contributed by atoms with E-state index in [1.54, 1.807) is 0 Å². The average Bonchev–Trinajstić information content (AvgIpc) is 3.14. The van der Waals surface area contributed by atoms with Gasteiger partial charge in [-0.15, -0.1) is 0 Å². The lowest BCUT2D eigenvalue weighted by molar-refractivity contribution is -0.907. The first-order chi connectivity index (χ1) is 16.7. The molecule has 6 nitrogen and oxygen atoms in total. The summed E-state index contributed by atoms with van der Waals surface area (Å²) in [6, 6.07) is 10.7. The molecule has 3 aromatic rings. The van der Waals surface area contributed by atoms with Crippen molar-refractivity contribution >= 4 is 16.7 Å². The van der Waals surface area contributed by atoms with Gasteiger partial charge in [0.25, 0.3) is 0 Å². The highest BCUT2D eigenvalue weighted by Crippen LogP contribution is 2.24. The molecule has 35 heavy (non-hydrogen) atoms. The third kappa shape index (κ3) is 6.70. The summed E-state index contributed by atoms with van der Waals surface area (Å²) in [5.41, 5.74) is 19.5. The molecule has 0 spiro atoms. The van der Waals surface area contributed by atoms with E-state index in [0.717, 1.165) is 53.6 Å². The fourth-order valence-electron chi connectivity index (χ4n) is 4.60. The monoisotopic (exact) mass is 490 g/mol. The van der Waals surface area contributed by atoms with Gasteiger partial charge in [-0.25, -0.2) is 13.2 Å². The molecule has 1 heterocycles. The van der Waals surface area contributed by atoms with Crippen molar-refractivity contribution in [2.75, 3.05) is 39.8 Å². The number of hydrogen-bond donors (Lipinski definition) is 3. The lowest BCUT2D eigenvalue weighted by Crippen LogP contribution is -2.51. The molecule has 0 amide bonds. The number of nitrogens with zero attached hydrogens (tertiary/aromatic N) is 2. The predicted molar refractivity (Wildman–Crippen MR) is 132 cm³/mol. The maximum atomic E-state index is 13.8. The molecule has 0 aliphatic carbocycles. The van der Waals surface area contributed by atoms with Crippen LogP contribution in [0.3, 0.4) is 0 Å². The Morgan fingerprint density at radius 3 is 2.26 bits per heavy atom. The van der Waals surface area contributed by atoms with Crippen molar-refractivity contribution in [3.8, 4) is 0 Å². The number of fused-ring (bicyclic) bond motifs is 1. The van der Waals surface area contributed by atoms with Gasteiger partial charge in [-0.1, -0.05) is 18.2 Å². The quantitative estimate of drug-likeness (QED) is 0.253. The predicted octanol–water partition coefficient (Wildman–Crippen LogP) is 2.69. The summed E-state index contributed by atoms with van der Waals surface area (Å²) < 4.78 is 43.6. The van der Waals surface area contributed by atoms with Gasteiger partial charge in [0.1, 0.15) is 0 Å². The molecular weight excluding hydrogens is 455 g/mol. The Kier molecular flexibility index (Phi) is 9.07. The number of carbonyl (C=O) groups excluding carboxylic acids is 1. The fourth-order valence-corrected chi connectivity index (χ4v) is 4.60. The summed E-state index contributed by atoms with van der Waals surface area (Å²) in [5.74, 6) is -4.10. The third-order valence-electron chi connectivity index (χ3n) is 6.60. The molecule has 190 valence electrons. The number of likely N-dealkylation sites (N-methyl/N-ethyl adjacent to an activating group) is 1. The van der Waals surface area contributed by atoms with Gasteiger partial charge in [-0.2, -0.15) is 0 Å². The maximum Gasteiger partial charge on any atom is 0.194 e. The van der Waals surface area contributed by atoms with Crippen LogP contribution in [0, 0.1) is 17.5 Å². The summed E-state index contributed by atoms with van der Waals surface area (Å²) >= 11 is 0. The molecule has 0 saturated carbocycles. The Bertz CT molecular complexity index is 1130. The molecule has 0 radical (unpaired) electrons. The largest absolute Gasteiger partial charge is 0.340 e. The lowest BCUT2D eigenvalue weighted by atomic mass is 10.0. The van der Waals surface area contributed by atoms with Crippen LogP contribution in [-0.2, 0) is 17.8 Å². The topological polar surface area (TPSA) is 100 Å². The lowest BCUT2D eigenvalue weighted by Gasteiger charge is -2.34. The van der Waals surface area contributed by atoms with Crippen molar-refractivity contribution < 1.29 is 22.4 Å². The van der Waals surface area contributed by atoms with Gasteiger partial charge in [0.2, 0.25) is 0 Å². The zero-order valence-electron chi connectivity index (χ0n) is 20.2. The van der Waals surface area contributed by atoms with Gasteiger partial charge in [0, 0.05) is 37.3 Å². The molecule has 0 bridgehead atoms. The number of para-hydroxylation sites is 1. The van der Waals surface area contributed by atoms with Crippen LogP contribution >= 0.6 is 0 Å². The highest BCUT2D eigenvalue weighted by atomic mass is 19.2. The van der Waals surface area contributed by atoms with Gasteiger partial charge in [0.15, 0.2) is 23.2 Å². The second-order valence-electron chi connectivity index (χ2n) is 9.41. The normalized spacial score (nSPS) is 12.9. The number of rotatable bonds is 13. The molecule has 0 unspecified atom stereocenters. The van der Waals surface area contributed by atoms with E-state index in [0.29, 0.717) is 25.2 Å². The summed E-state index contributed by atoms with van der Waals surface area (Å²) in [4.78, 5) is 13.0. The molecule has 1 aromatic heterocycles. The van der Waals surface area contributed by atoms with E-state index in [9.17, 15) is 18.0 Å². The second-order valence-corrected chi connectivity index (χ2v) is 9.41. The Labute approximate surface area is 204 Å². The van der Waals surface area contributed by atoms with Gasteiger partial charge < -0.3 is 26.3 Å². The number of nitrogens with two attached hydrogens (primary N) is 3. The number of ketones is 1. The Morgan fingerprint density at radius 1 is 1.00 bits per heavy atom.